The molecule has 1 N–H and O–H groups in total. The standard InChI is InChI=1S/C31H31NO5/c1-18-16-21-17-20(8-15-25(21)37-18)28(33)26-27(19-6-9-22(10-7-19)31(2,3)4)32(30(35)29(26)34)23-11-13-24(36-5)14-12-23/h6-15,17-18,27,33H,16H2,1-5H3/b28-26-. The van der Waals surface area contributed by atoms with Crippen LogP contribution < -0.4 is 14.4 Å². The number of methoxy groups -OCH3 is 1. The summed E-state index contributed by atoms with van der Waals surface area (Å²) in [6.45, 7) is 8.37. The minimum absolute atomic E-state index is 0.0504. The van der Waals surface area contributed by atoms with Gasteiger partial charge in [0.15, 0.2) is 0 Å². The highest BCUT2D eigenvalue weighted by Gasteiger charge is 2.47. The predicted octanol–water partition coefficient (Wildman–Crippen LogP) is 5.94. The summed E-state index contributed by atoms with van der Waals surface area (Å²) in [6, 6.07) is 19.5. The average molecular weight is 498 g/mol. The first-order valence-electron chi connectivity index (χ1n) is 12.4. The second-order valence-electron chi connectivity index (χ2n) is 10.7. The summed E-state index contributed by atoms with van der Waals surface area (Å²) < 4.78 is 11.1. The molecule has 6 nitrogen and oxygen atoms in total. The van der Waals surface area contributed by atoms with E-state index in [2.05, 4.69) is 20.8 Å². The molecule has 3 aromatic rings. The number of fused-ring (bicyclic) bond motifs is 1. The lowest BCUT2D eigenvalue weighted by molar-refractivity contribution is -0.132. The number of amides is 1. The van der Waals surface area contributed by atoms with Gasteiger partial charge in [-0.1, -0.05) is 45.0 Å². The van der Waals surface area contributed by atoms with E-state index in [4.69, 9.17) is 9.47 Å². The van der Waals surface area contributed by atoms with Gasteiger partial charge >= 0.3 is 0 Å². The van der Waals surface area contributed by atoms with Gasteiger partial charge in [-0.15, -0.1) is 0 Å². The van der Waals surface area contributed by atoms with E-state index in [0.29, 0.717) is 23.4 Å². The number of ketones is 1. The van der Waals surface area contributed by atoms with Crippen LogP contribution in [0.3, 0.4) is 0 Å². The highest BCUT2D eigenvalue weighted by Crippen LogP contribution is 2.43. The maximum Gasteiger partial charge on any atom is 0.300 e. The second-order valence-corrected chi connectivity index (χ2v) is 10.7. The largest absolute Gasteiger partial charge is 0.507 e. The fraction of sp³-hybridized carbons (Fsp3) is 0.290. The molecule has 0 spiro atoms. The van der Waals surface area contributed by atoms with E-state index >= 15 is 0 Å². The van der Waals surface area contributed by atoms with Gasteiger partial charge in [0.1, 0.15) is 23.4 Å². The molecule has 1 saturated heterocycles. The van der Waals surface area contributed by atoms with Crippen molar-refractivity contribution < 1.29 is 24.2 Å². The molecule has 5 rings (SSSR count). The van der Waals surface area contributed by atoms with Crippen LogP contribution in [-0.4, -0.2) is 30.0 Å². The third-order valence-corrected chi connectivity index (χ3v) is 7.06. The molecule has 37 heavy (non-hydrogen) atoms. The molecule has 2 atom stereocenters. The van der Waals surface area contributed by atoms with E-state index in [9.17, 15) is 14.7 Å². The maximum absolute atomic E-state index is 13.5. The minimum atomic E-state index is -0.786. The predicted molar refractivity (Wildman–Crippen MR) is 143 cm³/mol. The SMILES string of the molecule is COc1ccc(N2C(=O)C(=O)/C(=C(\O)c3ccc4c(c3)CC(C)O4)C2c2ccc(C(C)(C)C)cc2)cc1. The van der Waals surface area contributed by atoms with Crippen LogP contribution in [0.2, 0.25) is 0 Å². The van der Waals surface area contributed by atoms with Gasteiger partial charge in [-0.25, -0.2) is 0 Å². The lowest BCUT2D eigenvalue weighted by atomic mass is 9.85. The lowest BCUT2D eigenvalue weighted by Crippen LogP contribution is -2.29. The average Bonchev–Trinajstić information content (AvgIpc) is 3.38. The molecule has 190 valence electrons. The van der Waals surface area contributed by atoms with Gasteiger partial charge in [-0.05, 0) is 71.5 Å². The zero-order chi connectivity index (χ0) is 26.5. The highest BCUT2D eigenvalue weighted by atomic mass is 16.5. The van der Waals surface area contributed by atoms with Crippen molar-refractivity contribution >= 4 is 23.1 Å². The number of hydrogen-bond donors (Lipinski definition) is 1. The fourth-order valence-corrected chi connectivity index (χ4v) is 5.05. The van der Waals surface area contributed by atoms with Crippen molar-refractivity contribution in [2.45, 2.75) is 51.7 Å². The molecule has 0 aliphatic carbocycles. The topological polar surface area (TPSA) is 76.1 Å². The molecule has 2 unspecified atom stereocenters. The summed E-state index contributed by atoms with van der Waals surface area (Å²) in [6.07, 6.45) is 0.767. The van der Waals surface area contributed by atoms with E-state index in [-0.39, 0.29) is 22.9 Å². The normalized spacial score (nSPS) is 20.6. The van der Waals surface area contributed by atoms with Gasteiger partial charge in [0.05, 0.1) is 18.7 Å². The zero-order valence-electron chi connectivity index (χ0n) is 21.7. The molecule has 3 aromatic carbocycles. The third-order valence-electron chi connectivity index (χ3n) is 7.06. The Kier molecular flexibility index (Phi) is 6.06. The maximum atomic E-state index is 13.5. The van der Waals surface area contributed by atoms with Crippen LogP contribution in [0.1, 0.15) is 56.0 Å². The van der Waals surface area contributed by atoms with E-state index in [1.54, 1.807) is 43.5 Å². The fourth-order valence-electron chi connectivity index (χ4n) is 5.05. The lowest BCUT2D eigenvalue weighted by Gasteiger charge is -2.26. The molecule has 0 saturated carbocycles. The Balaban J connectivity index is 1.66. The van der Waals surface area contributed by atoms with E-state index in [1.165, 1.54) is 4.90 Å². The van der Waals surface area contributed by atoms with Gasteiger partial charge < -0.3 is 14.6 Å². The monoisotopic (exact) mass is 497 g/mol. The number of carbonyl (C=O) groups excluding carboxylic acids is 2. The molecule has 1 fully saturated rings. The quantitative estimate of drug-likeness (QED) is 0.274. The van der Waals surface area contributed by atoms with Crippen LogP contribution in [0.4, 0.5) is 5.69 Å². The Morgan fingerprint density at radius 3 is 2.30 bits per heavy atom. The van der Waals surface area contributed by atoms with Gasteiger partial charge in [-0.2, -0.15) is 0 Å². The molecule has 2 heterocycles. The number of anilines is 1. The van der Waals surface area contributed by atoms with Gasteiger partial charge in [0, 0.05) is 17.7 Å². The highest BCUT2D eigenvalue weighted by molar-refractivity contribution is 6.51. The zero-order valence-corrected chi connectivity index (χ0v) is 21.7. The van der Waals surface area contributed by atoms with Crippen LogP contribution in [0.5, 0.6) is 11.5 Å². The first-order valence-corrected chi connectivity index (χ1v) is 12.4. The minimum Gasteiger partial charge on any atom is -0.507 e. The first kappa shape index (κ1) is 24.6. The summed E-state index contributed by atoms with van der Waals surface area (Å²) in [5, 5.41) is 11.5. The van der Waals surface area contributed by atoms with Crippen molar-refractivity contribution in [2.24, 2.45) is 0 Å². The molecular weight excluding hydrogens is 466 g/mol. The summed E-state index contributed by atoms with van der Waals surface area (Å²) >= 11 is 0. The molecule has 0 bridgehead atoms. The summed E-state index contributed by atoms with van der Waals surface area (Å²) in [4.78, 5) is 28.3. The van der Waals surface area contributed by atoms with Crippen molar-refractivity contribution in [3.8, 4) is 11.5 Å². The number of hydrogen-bond acceptors (Lipinski definition) is 5. The second kappa shape index (κ2) is 9.11. The number of aliphatic hydroxyl groups excluding tert-OH is 1. The molecule has 2 aliphatic heterocycles. The first-order chi connectivity index (χ1) is 17.6. The Bertz CT molecular complexity index is 1400. The number of benzene rings is 3. The Morgan fingerprint density at radius 2 is 1.68 bits per heavy atom. The summed E-state index contributed by atoms with van der Waals surface area (Å²) in [5.41, 5.74) is 3.87. The van der Waals surface area contributed by atoms with Crippen LogP contribution in [-0.2, 0) is 21.4 Å². The van der Waals surface area contributed by atoms with Crippen LogP contribution >= 0.6 is 0 Å². The van der Waals surface area contributed by atoms with Crippen molar-refractivity contribution in [3.05, 3.63) is 94.6 Å². The van der Waals surface area contributed by atoms with E-state index < -0.39 is 17.7 Å². The number of nitrogens with zero attached hydrogens (tertiary/aromatic N) is 1. The van der Waals surface area contributed by atoms with Crippen LogP contribution in [0, 0.1) is 0 Å². The number of carbonyl (C=O) groups is 2. The molecule has 0 radical (unpaired) electrons. The third kappa shape index (κ3) is 4.37. The van der Waals surface area contributed by atoms with Gasteiger partial charge in [0.25, 0.3) is 11.7 Å². The van der Waals surface area contributed by atoms with Crippen molar-refractivity contribution in [3.63, 3.8) is 0 Å². The number of ether oxygens (including phenoxy) is 2. The molecular formula is C31H31NO5. The molecule has 6 heteroatoms. The Morgan fingerprint density at radius 1 is 1.00 bits per heavy atom. The van der Waals surface area contributed by atoms with Crippen molar-refractivity contribution in [1.29, 1.82) is 0 Å². The number of aliphatic hydroxyl groups is 1. The van der Waals surface area contributed by atoms with E-state index in [0.717, 1.165) is 22.4 Å². The Labute approximate surface area is 217 Å². The van der Waals surface area contributed by atoms with Gasteiger partial charge in [-0.3, -0.25) is 14.5 Å². The van der Waals surface area contributed by atoms with Crippen LogP contribution in [0.25, 0.3) is 5.76 Å². The smallest absolute Gasteiger partial charge is 0.300 e. The Hall–Kier alpha value is -4.06. The summed E-state index contributed by atoms with van der Waals surface area (Å²) in [7, 11) is 1.57. The summed E-state index contributed by atoms with van der Waals surface area (Å²) in [5.74, 6) is -0.183. The molecule has 0 aromatic heterocycles. The molecule has 2 aliphatic rings. The van der Waals surface area contributed by atoms with Crippen molar-refractivity contribution in [1.82, 2.24) is 0 Å². The van der Waals surface area contributed by atoms with Crippen LogP contribution in [0.15, 0.2) is 72.3 Å². The number of Topliss-reactive ketones (excluding diaryl/α,β-unsaturated/α-hetero) is 1. The van der Waals surface area contributed by atoms with Crippen molar-refractivity contribution in [2.75, 3.05) is 12.0 Å². The van der Waals surface area contributed by atoms with Gasteiger partial charge in [0.2, 0.25) is 0 Å². The van der Waals surface area contributed by atoms with E-state index in [1.807, 2.05) is 37.3 Å². The number of rotatable bonds is 4. The molecule has 1 amide bonds.